The van der Waals surface area contributed by atoms with Gasteiger partial charge in [-0.05, 0) is 47.9 Å². The van der Waals surface area contributed by atoms with Crippen LogP contribution in [0.5, 0.6) is 0 Å². The summed E-state index contributed by atoms with van der Waals surface area (Å²) in [6.07, 6.45) is 7.47. The average molecular weight is 351 g/mol. The highest BCUT2D eigenvalue weighted by Gasteiger charge is 2.24. The Morgan fingerprint density at radius 2 is 0.962 bits per heavy atom. The van der Waals surface area contributed by atoms with E-state index in [9.17, 15) is 0 Å². The Hall–Kier alpha value is -1.64. The molecule has 0 bridgehead atoms. The number of aryl methyl sites for hydroxylation is 2. The third kappa shape index (κ3) is 5.43. The van der Waals surface area contributed by atoms with Crippen molar-refractivity contribution >= 4 is 0 Å². The van der Waals surface area contributed by atoms with Crippen LogP contribution in [0.4, 0.5) is 0 Å². The fraction of sp³-hybridized carbons (Fsp3) is 0.500. The van der Waals surface area contributed by atoms with Crippen LogP contribution in [0.3, 0.4) is 0 Å². The maximum Gasteiger partial charge on any atom is 0.0224 e. The molecule has 3 rings (SSSR count). The quantitative estimate of drug-likeness (QED) is 0.700. The van der Waals surface area contributed by atoms with Gasteiger partial charge in [0.1, 0.15) is 0 Å². The normalized spacial score (nSPS) is 20.2. The first kappa shape index (κ1) is 19.1. The van der Waals surface area contributed by atoms with Crippen LogP contribution in [0.1, 0.15) is 61.8 Å². The van der Waals surface area contributed by atoms with Crippen molar-refractivity contribution < 1.29 is 0 Å². The van der Waals surface area contributed by atoms with Gasteiger partial charge in [0.15, 0.2) is 0 Å². The van der Waals surface area contributed by atoms with Gasteiger partial charge in [0.2, 0.25) is 0 Å². The Bertz CT molecular complexity index is 585. The summed E-state index contributed by atoms with van der Waals surface area (Å²) in [6.45, 7) is 6.36. The van der Waals surface area contributed by atoms with Crippen molar-refractivity contribution in [2.75, 3.05) is 0 Å². The zero-order valence-corrected chi connectivity index (χ0v) is 16.4. The molecule has 2 heteroatoms. The summed E-state index contributed by atoms with van der Waals surface area (Å²) in [5.41, 5.74) is 5.61. The van der Waals surface area contributed by atoms with E-state index in [1.807, 2.05) is 0 Å². The molecule has 2 nitrogen and oxygen atoms in total. The summed E-state index contributed by atoms with van der Waals surface area (Å²) in [5, 5.41) is 7.63. The Balaban J connectivity index is 1.51. The molecule has 1 fully saturated rings. The lowest BCUT2D eigenvalue weighted by Gasteiger charge is -2.33. The molecule has 0 saturated heterocycles. The maximum atomic E-state index is 3.82. The highest BCUT2D eigenvalue weighted by molar-refractivity contribution is 5.23. The Morgan fingerprint density at radius 1 is 0.615 bits per heavy atom. The molecule has 0 heterocycles. The molecule has 2 unspecified atom stereocenters. The van der Waals surface area contributed by atoms with Gasteiger partial charge in [-0.3, -0.25) is 0 Å². The smallest absolute Gasteiger partial charge is 0.0224 e. The fourth-order valence-electron chi connectivity index (χ4n) is 3.90. The summed E-state index contributed by atoms with van der Waals surface area (Å²) in [7, 11) is 0. The van der Waals surface area contributed by atoms with E-state index in [0.29, 0.717) is 12.1 Å². The van der Waals surface area contributed by atoms with E-state index >= 15 is 0 Å². The van der Waals surface area contributed by atoms with Crippen molar-refractivity contribution in [2.24, 2.45) is 0 Å². The standard InChI is InChI=1S/C24H34N2/c1-3-19-9-13-21(14-10-19)17-25-23-7-5-6-8-24(23)26-18-22-15-11-20(4-2)12-16-22/h9-16,23-26H,3-8,17-18H2,1-2H3. The summed E-state index contributed by atoms with van der Waals surface area (Å²) in [6, 6.07) is 19.3. The Morgan fingerprint density at radius 3 is 1.31 bits per heavy atom. The highest BCUT2D eigenvalue weighted by atomic mass is 15.0. The molecule has 1 saturated carbocycles. The minimum Gasteiger partial charge on any atom is -0.308 e. The molecular formula is C24H34N2. The summed E-state index contributed by atoms with van der Waals surface area (Å²) in [5.74, 6) is 0. The molecule has 1 aliphatic carbocycles. The van der Waals surface area contributed by atoms with Gasteiger partial charge in [0.05, 0.1) is 0 Å². The molecular weight excluding hydrogens is 316 g/mol. The summed E-state index contributed by atoms with van der Waals surface area (Å²) < 4.78 is 0. The van der Waals surface area contributed by atoms with Crippen LogP contribution in [0.15, 0.2) is 48.5 Å². The van der Waals surface area contributed by atoms with Crippen molar-refractivity contribution in [1.29, 1.82) is 0 Å². The molecule has 0 radical (unpaired) electrons. The monoisotopic (exact) mass is 350 g/mol. The first-order valence-corrected chi connectivity index (χ1v) is 10.4. The third-order valence-corrected chi connectivity index (χ3v) is 5.77. The highest BCUT2D eigenvalue weighted by Crippen LogP contribution is 2.20. The minimum absolute atomic E-state index is 0.574. The van der Waals surface area contributed by atoms with Crippen LogP contribution >= 0.6 is 0 Å². The third-order valence-electron chi connectivity index (χ3n) is 5.77. The SMILES string of the molecule is CCc1ccc(CNC2CCCCC2NCc2ccc(CC)cc2)cc1. The predicted molar refractivity (Wildman–Crippen MR) is 111 cm³/mol. The number of rotatable bonds is 8. The first-order valence-electron chi connectivity index (χ1n) is 10.4. The lowest BCUT2D eigenvalue weighted by molar-refractivity contribution is 0.281. The van der Waals surface area contributed by atoms with Gasteiger partial charge in [-0.2, -0.15) is 0 Å². The second-order valence-corrected chi connectivity index (χ2v) is 7.60. The molecule has 140 valence electrons. The maximum absolute atomic E-state index is 3.82. The molecule has 0 aliphatic heterocycles. The fourth-order valence-corrected chi connectivity index (χ4v) is 3.90. The van der Waals surface area contributed by atoms with E-state index < -0.39 is 0 Å². The number of benzene rings is 2. The van der Waals surface area contributed by atoms with Crippen LogP contribution in [0.2, 0.25) is 0 Å². The first-order chi connectivity index (χ1) is 12.8. The molecule has 1 aliphatic rings. The van der Waals surface area contributed by atoms with E-state index in [2.05, 4.69) is 73.0 Å². The Labute approximate surface area is 159 Å². The van der Waals surface area contributed by atoms with Gasteiger partial charge in [0, 0.05) is 25.2 Å². The van der Waals surface area contributed by atoms with Crippen molar-refractivity contribution in [3.8, 4) is 0 Å². The lowest BCUT2D eigenvalue weighted by atomic mass is 9.90. The average Bonchev–Trinajstić information content (AvgIpc) is 2.72. The van der Waals surface area contributed by atoms with E-state index in [1.54, 1.807) is 0 Å². The van der Waals surface area contributed by atoms with Crippen LogP contribution in [-0.4, -0.2) is 12.1 Å². The minimum atomic E-state index is 0.574. The van der Waals surface area contributed by atoms with Gasteiger partial charge in [-0.1, -0.05) is 75.2 Å². The van der Waals surface area contributed by atoms with Gasteiger partial charge in [0.25, 0.3) is 0 Å². The van der Waals surface area contributed by atoms with Gasteiger partial charge >= 0.3 is 0 Å². The van der Waals surface area contributed by atoms with Gasteiger partial charge in [-0.25, -0.2) is 0 Å². The van der Waals surface area contributed by atoms with Crippen LogP contribution < -0.4 is 10.6 Å². The summed E-state index contributed by atoms with van der Waals surface area (Å²) in [4.78, 5) is 0. The second kappa shape index (κ2) is 9.89. The lowest BCUT2D eigenvalue weighted by Crippen LogP contribution is -2.49. The molecule has 2 N–H and O–H groups in total. The number of hydrogen-bond donors (Lipinski definition) is 2. The van der Waals surface area contributed by atoms with Crippen LogP contribution in [-0.2, 0) is 25.9 Å². The van der Waals surface area contributed by atoms with Gasteiger partial charge in [-0.15, -0.1) is 0 Å². The predicted octanol–water partition coefficient (Wildman–Crippen LogP) is 5.00. The van der Waals surface area contributed by atoms with Crippen molar-refractivity contribution in [2.45, 2.75) is 77.5 Å². The Kier molecular flexibility index (Phi) is 7.28. The van der Waals surface area contributed by atoms with Crippen molar-refractivity contribution in [3.63, 3.8) is 0 Å². The number of hydrogen-bond acceptors (Lipinski definition) is 2. The number of nitrogens with one attached hydrogen (secondary N) is 2. The molecule has 0 amide bonds. The zero-order chi connectivity index (χ0) is 18.2. The van der Waals surface area contributed by atoms with Crippen molar-refractivity contribution in [1.82, 2.24) is 10.6 Å². The molecule has 2 aromatic rings. The zero-order valence-electron chi connectivity index (χ0n) is 16.4. The van der Waals surface area contributed by atoms with E-state index in [4.69, 9.17) is 0 Å². The molecule has 26 heavy (non-hydrogen) atoms. The molecule has 2 atom stereocenters. The molecule has 0 spiro atoms. The second-order valence-electron chi connectivity index (χ2n) is 7.60. The van der Waals surface area contributed by atoms with E-state index in [0.717, 1.165) is 25.9 Å². The van der Waals surface area contributed by atoms with Gasteiger partial charge < -0.3 is 10.6 Å². The largest absolute Gasteiger partial charge is 0.308 e. The van der Waals surface area contributed by atoms with Crippen LogP contribution in [0, 0.1) is 0 Å². The van der Waals surface area contributed by atoms with E-state index in [-0.39, 0.29) is 0 Å². The van der Waals surface area contributed by atoms with Crippen molar-refractivity contribution in [3.05, 3.63) is 70.8 Å². The molecule has 2 aromatic carbocycles. The summed E-state index contributed by atoms with van der Waals surface area (Å²) >= 11 is 0. The van der Waals surface area contributed by atoms with E-state index in [1.165, 1.54) is 47.9 Å². The van der Waals surface area contributed by atoms with Crippen LogP contribution in [0.25, 0.3) is 0 Å². The molecule has 0 aromatic heterocycles. The topological polar surface area (TPSA) is 24.1 Å².